The Kier molecular flexibility index (Phi) is 9.63. The molecule has 5 heteroatoms. The highest BCUT2D eigenvalue weighted by Crippen LogP contribution is 2.13. The van der Waals surface area contributed by atoms with E-state index in [1.165, 1.54) is 23.5 Å². The second-order valence-corrected chi connectivity index (χ2v) is 5.59. The molecular formula is C20H26N4S. The number of nitrogens with one attached hydrogen (secondary N) is 1. The van der Waals surface area contributed by atoms with E-state index in [-0.39, 0.29) is 0 Å². The number of hydrogen-bond donors (Lipinski definition) is 3. The zero-order valence-electron chi connectivity index (χ0n) is 14.8. The molecule has 0 unspecified atom stereocenters. The minimum absolute atomic E-state index is 0.762. The topological polar surface area (TPSA) is 76.4 Å². The summed E-state index contributed by atoms with van der Waals surface area (Å²) < 4.78 is 0. The Balaban J connectivity index is 2.93. The van der Waals surface area contributed by atoms with Crippen molar-refractivity contribution in [2.24, 2.45) is 16.6 Å². The second kappa shape index (κ2) is 11.8. The Morgan fingerprint density at radius 3 is 2.28 bits per heavy atom. The van der Waals surface area contributed by atoms with Gasteiger partial charge in [-0.3, -0.25) is 5.43 Å². The van der Waals surface area contributed by atoms with Gasteiger partial charge in [0.25, 0.3) is 0 Å². The average molecular weight is 355 g/mol. The molecule has 4 nitrogen and oxygen atoms in total. The van der Waals surface area contributed by atoms with Crippen LogP contribution >= 0.6 is 12.2 Å². The summed E-state index contributed by atoms with van der Waals surface area (Å²) in [5.74, 6) is 0. The van der Waals surface area contributed by atoms with Gasteiger partial charge in [0.1, 0.15) is 0 Å². The van der Waals surface area contributed by atoms with Gasteiger partial charge < -0.3 is 11.5 Å². The third-order valence-electron chi connectivity index (χ3n) is 3.52. The SMILES string of the molecule is CCc1ccc(C/C=C(\C=C/N)C(C=S)=CN/N=C(C)\C=C/N)cc1. The predicted octanol–water partition coefficient (Wildman–Crippen LogP) is 3.51. The maximum absolute atomic E-state index is 5.58. The van der Waals surface area contributed by atoms with E-state index in [1.807, 2.05) is 13.0 Å². The van der Waals surface area contributed by atoms with Crippen LogP contribution in [0.5, 0.6) is 0 Å². The molecule has 0 saturated heterocycles. The molecule has 1 rings (SSSR count). The Hall–Kier alpha value is -2.66. The van der Waals surface area contributed by atoms with Crippen LogP contribution in [0, 0.1) is 0 Å². The monoisotopic (exact) mass is 354 g/mol. The Morgan fingerprint density at radius 2 is 1.72 bits per heavy atom. The third kappa shape index (κ3) is 7.63. The van der Waals surface area contributed by atoms with Crippen LogP contribution in [0.25, 0.3) is 0 Å². The molecule has 5 N–H and O–H groups in total. The number of hydrazone groups is 1. The number of allylic oxidation sites excluding steroid dienone is 5. The first-order chi connectivity index (χ1) is 12.1. The number of aryl methyl sites for hydroxylation is 1. The van der Waals surface area contributed by atoms with Crippen molar-refractivity contribution in [3.05, 3.63) is 83.4 Å². The van der Waals surface area contributed by atoms with Gasteiger partial charge in [-0.2, -0.15) is 5.10 Å². The van der Waals surface area contributed by atoms with Gasteiger partial charge in [-0.1, -0.05) is 49.5 Å². The minimum Gasteiger partial charge on any atom is -0.405 e. The normalized spacial score (nSPS) is 13.6. The zero-order valence-corrected chi connectivity index (χ0v) is 15.6. The van der Waals surface area contributed by atoms with Crippen molar-refractivity contribution in [3.63, 3.8) is 0 Å². The van der Waals surface area contributed by atoms with Crippen LogP contribution in [0.2, 0.25) is 0 Å². The van der Waals surface area contributed by atoms with Crippen LogP contribution in [0.1, 0.15) is 25.0 Å². The first kappa shape index (κ1) is 20.4. The van der Waals surface area contributed by atoms with E-state index in [0.29, 0.717) is 0 Å². The van der Waals surface area contributed by atoms with Gasteiger partial charge in [-0.15, -0.1) is 0 Å². The molecule has 25 heavy (non-hydrogen) atoms. The highest BCUT2D eigenvalue weighted by Gasteiger charge is 2.00. The molecule has 1 aromatic rings. The lowest BCUT2D eigenvalue weighted by atomic mass is 10.0. The molecule has 0 aliphatic carbocycles. The number of nitrogens with two attached hydrogens (primary N) is 2. The van der Waals surface area contributed by atoms with Gasteiger partial charge in [0.2, 0.25) is 0 Å². The molecule has 1 aromatic carbocycles. The molecule has 0 radical (unpaired) electrons. The van der Waals surface area contributed by atoms with Gasteiger partial charge in [0, 0.05) is 17.1 Å². The Labute approximate surface area is 155 Å². The van der Waals surface area contributed by atoms with Crippen LogP contribution < -0.4 is 16.9 Å². The van der Waals surface area contributed by atoms with Crippen molar-refractivity contribution in [3.8, 4) is 0 Å². The fourth-order valence-corrected chi connectivity index (χ4v) is 2.29. The van der Waals surface area contributed by atoms with Gasteiger partial charge in [0.15, 0.2) is 0 Å². The fraction of sp³-hybridized carbons (Fsp3) is 0.200. The van der Waals surface area contributed by atoms with Crippen molar-refractivity contribution in [2.75, 3.05) is 0 Å². The van der Waals surface area contributed by atoms with Crippen LogP contribution in [-0.4, -0.2) is 11.1 Å². The third-order valence-corrected chi connectivity index (χ3v) is 3.78. The summed E-state index contributed by atoms with van der Waals surface area (Å²) in [5, 5.41) is 5.76. The largest absolute Gasteiger partial charge is 0.405 e. The van der Waals surface area contributed by atoms with E-state index < -0.39 is 0 Å². The summed E-state index contributed by atoms with van der Waals surface area (Å²) >= 11 is 5.13. The summed E-state index contributed by atoms with van der Waals surface area (Å²) in [6.07, 6.45) is 12.1. The zero-order chi connectivity index (χ0) is 18.5. The van der Waals surface area contributed by atoms with E-state index in [2.05, 4.69) is 47.8 Å². The summed E-state index contributed by atoms with van der Waals surface area (Å²) in [7, 11) is 0. The quantitative estimate of drug-likeness (QED) is 0.208. The van der Waals surface area contributed by atoms with Crippen LogP contribution in [0.4, 0.5) is 0 Å². The lowest BCUT2D eigenvalue weighted by molar-refractivity contribution is 0.962. The van der Waals surface area contributed by atoms with Crippen molar-refractivity contribution < 1.29 is 0 Å². The molecule has 0 aromatic heterocycles. The molecule has 0 fully saturated rings. The van der Waals surface area contributed by atoms with Crippen molar-refractivity contribution >= 4 is 23.3 Å². The minimum atomic E-state index is 0.762. The lowest BCUT2D eigenvalue weighted by Gasteiger charge is -2.05. The number of benzene rings is 1. The molecule has 0 atom stereocenters. The van der Waals surface area contributed by atoms with Crippen molar-refractivity contribution in [2.45, 2.75) is 26.7 Å². The van der Waals surface area contributed by atoms with Crippen molar-refractivity contribution in [1.29, 1.82) is 0 Å². The maximum atomic E-state index is 5.58. The number of hydrogen-bond acceptors (Lipinski definition) is 5. The second-order valence-electron chi connectivity index (χ2n) is 5.35. The smallest absolute Gasteiger partial charge is 0.0590 e. The first-order valence-corrected chi connectivity index (χ1v) is 8.61. The predicted molar refractivity (Wildman–Crippen MR) is 112 cm³/mol. The summed E-state index contributed by atoms with van der Waals surface area (Å²) in [5.41, 5.74) is 18.9. The average Bonchev–Trinajstić information content (AvgIpc) is 2.63. The number of nitrogens with zero attached hydrogens (tertiary/aromatic N) is 1. The van der Waals surface area contributed by atoms with Crippen LogP contribution in [0.15, 0.2) is 77.3 Å². The van der Waals surface area contributed by atoms with E-state index in [1.54, 1.807) is 17.6 Å². The maximum Gasteiger partial charge on any atom is 0.0590 e. The van der Waals surface area contributed by atoms with Gasteiger partial charge in [-0.05, 0) is 61.0 Å². The molecule has 0 aliphatic heterocycles. The molecule has 0 bridgehead atoms. The summed E-state index contributed by atoms with van der Waals surface area (Å²) in [6, 6.07) is 8.60. The molecule has 0 amide bonds. The molecule has 0 heterocycles. The molecule has 0 spiro atoms. The number of rotatable bonds is 9. The Bertz CT molecular complexity index is 695. The highest BCUT2D eigenvalue weighted by atomic mass is 32.1. The van der Waals surface area contributed by atoms with E-state index >= 15 is 0 Å². The van der Waals surface area contributed by atoms with Gasteiger partial charge >= 0.3 is 0 Å². The highest BCUT2D eigenvalue weighted by molar-refractivity contribution is 7.79. The number of thiocarbonyl (C=S) groups is 1. The first-order valence-electron chi connectivity index (χ1n) is 8.14. The Morgan fingerprint density at radius 1 is 1.08 bits per heavy atom. The molecule has 0 aliphatic rings. The van der Waals surface area contributed by atoms with E-state index in [9.17, 15) is 0 Å². The van der Waals surface area contributed by atoms with Crippen LogP contribution in [0.3, 0.4) is 0 Å². The van der Waals surface area contributed by atoms with Crippen molar-refractivity contribution in [1.82, 2.24) is 5.43 Å². The fourth-order valence-electron chi connectivity index (χ4n) is 2.09. The van der Waals surface area contributed by atoms with Gasteiger partial charge in [0.05, 0.1) is 5.71 Å². The molecule has 0 saturated carbocycles. The van der Waals surface area contributed by atoms with E-state index in [0.717, 1.165) is 29.7 Å². The van der Waals surface area contributed by atoms with Crippen LogP contribution in [-0.2, 0) is 12.8 Å². The lowest BCUT2D eigenvalue weighted by Crippen LogP contribution is -2.03. The van der Waals surface area contributed by atoms with Gasteiger partial charge in [-0.25, -0.2) is 0 Å². The summed E-state index contributed by atoms with van der Waals surface area (Å²) in [6.45, 7) is 3.99. The molecule has 132 valence electrons. The standard InChI is InChI=1S/C20H26N4S/c1-3-17-4-6-18(7-5-17)8-9-19(11-13-22)20(15-25)14-23-24-16(2)10-12-21/h4-7,9-15,23H,3,8,21-22H2,1-2H3/b12-10-,13-11-,19-9+,20-14?,24-16-. The summed E-state index contributed by atoms with van der Waals surface area (Å²) in [4.78, 5) is 0. The molecular weight excluding hydrogens is 328 g/mol. The van der Waals surface area contributed by atoms with E-state index in [4.69, 9.17) is 23.7 Å².